The summed E-state index contributed by atoms with van der Waals surface area (Å²) in [7, 11) is 0. The van der Waals surface area contributed by atoms with Gasteiger partial charge >= 0.3 is 0 Å². The molecular formula is C20H36ClN4O3+. The third kappa shape index (κ3) is 7.43. The summed E-state index contributed by atoms with van der Waals surface area (Å²) in [4.78, 5) is 28.7. The Bertz CT molecular complexity index is 629. The molecule has 1 heterocycles. The van der Waals surface area contributed by atoms with Crippen molar-refractivity contribution in [2.45, 2.75) is 60.4 Å². The van der Waals surface area contributed by atoms with Crippen LogP contribution in [0.4, 0.5) is 5.82 Å². The maximum absolute atomic E-state index is 13.1. The van der Waals surface area contributed by atoms with Crippen LogP contribution in [-0.2, 0) is 9.59 Å². The minimum Gasteiger partial charge on any atom is -0.360 e. The maximum Gasteiger partial charge on any atom is 0.245 e. The minimum absolute atomic E-state index is 0.0373. The number of halogens is 1. The molecular weight excluding hydrogens is 380 g/mol. The van der Waals surface area contributed by atoms with Crippen LogP contribution in [0.15, 0.2) is 10.6 Å². The first-order valence-corrected chi connectivity index (χ1v) is 10.6. The van der Waals surface area contributed by atoms with E-state index in [0.717, 1.165) is 32.5 Å². The third-order valence-electron chi connectivity index (χ3n) is 5.07. The van der Waals surface area contributed by atoms with E-state index in [1.165, 1.54) is 4.90 Å². The zero-order chi connectivity index (χ0) is 21.3. The van der Waals surface area contributed by atoms with E-state index < -0.39 is 5.41 Å². The Morgan fingerprint density at radius 1 is 1.36 bits per heavy atom. The Labute approximate surface area is 173 Å². The van der Waals surface area contributed by atoms with Crippen molar-refractivity contribution in [1.29, 1.82) is 0 Å². The average molecular weight is 416 g/mol. The maximum atomic E-state index is 13.1. The van der Waals surface area contributed by atoms with Crippen LogP contribution in [0.5, 0.6) is 0 Å². The Hall–Kier alpha value is -1.60. The number of quaternary nitrogens is 1. The second-order valence-electron chi connectivity index (χ2n) is 8.02. The van der Waals surface area contributed by atoms with Crippen molar-refractivity contribution in [1.82, 2.24) is 10.1 Å². The highest BCUT2D eigenvalue weighted by Gasteiger charge is 2.34. The van der Waals surface area contributed by atoms with Gasteiger partial charge in [-0.15, -0.1) is 11.6 Å². The predicted octanol–water partition coefficient (Wildman–Crippen LogP) is 2.11. The van der Waals surface area contributed by atoms with E-state index in [1.54, 1.807) is 31.7 Å². The molecule has 0 saturated carbocycles. The third-order valence-corrected chi connectivity index (χ3v) is 5.74. The molecule has 8 heteroatoms. The van der Waals surface area contributed by atoms with Gasteiger partial charge in [0, 0.05) is 18.0 Å². The van der Waals surface area contributed by atoms with Crippen LogP contribution in [0.25, 0.3) is 0 Å². The number of aromatic nitrogens is 1. The van der Waals surface area contributed by atoms with Gasteiger partial charge in [-0.1, -0.05) is 5.16 Å². The smallest absolute Gasteiger partial charge is 0.245 e. The van der Waals surface area contributed by atoms with Gasteiger partial charge in [0.15, 0.2) is 5.82 Å². The molecule has 1 atom stereocenters. The molecule has 0 aliphatic rings. The summed E-state index contributed by atoms with van der Waals surface area (Å²) in [6.07, 6.45) is 1.83. The molecule has 7 nitrogen and oxygen atoms in total. The van der Waals surface area contributed by atoms with Crippen molar-refractivity contribution < 1.29 is 19.0 Å². The fourth-order valence-electron chi connectivity index (χ4n) is 3.04. The summed E-state index contributed by atoms with van der Waals surface area (Å²) in [6, 6.07) is 1.58. The molecule has 0 spiro atoms. The van der Waals surface area contributed by atoms with Crippen LogP contribution in [0.1, 0.15) is 53.2 Å². The van der Waals surface area contributed by atoms with Gasteiger partial charge in [0.25, 0.3) is 0 Å². The Morgan fingerprint density at radius 3 is 2.50 bits per heavy atom. The fraction of sp³-hybridized carbons (Fsp3) is 0.750. The molecule has 0 aliphatic carbocycles. The lowest BCUT2D eigenvalue weighted by Gasteiger charge is -2.35. The molecule has 0 bridgehead atoms. The van der Waals surface area contributed by atoms with E-state index >= 15 is 0 Å². The first kappa shape index (κ1) is 24.4. The highest BCUT2D eigenvalue weighted by molar-refractivity contribution is 6.19. The van der Waals surface area contributed by atoms with Crippen LogP contribution >= 0.6 is 11.6 Å². The van der Waals surface area contributed by atoms with E-state index in [0.29, 0.717) is 11.6 Å². The Balaban J connectivity index is 2.80. The van der Waals surface area contributed by atoms with E-state index in [2.05, 4.69) is 24.3 Å². The number of amides is 2. The average Bonchev–Trinajstić information content (AvgIpc) is 3.07. The number of carbonyl (C=O) groups is 2. The van der Waals surface area contributed by atoms with Gasteiger partial charge in [-0.25, -0.2) is 0 Å². The Morgan fingerprint density at radius 2 is 2.00 bits per heavy atom. The quantitative estimate of drug-likeness (QED) is 0.512. The molecule has 160 valence electrons. The summed E-state index contributed by atoms with van der Waals surface area (Å²) >= 11 is 6.02. The molecule has 0 aliphatic heterocycles. The summed E-state index contributed by atoms with van der Waals surface area (Å²) in [6.45, 7) is 14.9. The first-order valence-electron chi connectivity index (χ1n) is 10.1. The number of hydrogen-bond donors (Lipinski definition) is 2. The second kappa shape index (κ2) is 11.4. The minimum atomic E-state index is -0.731. The van der Waals surface area contributed by atoms with E-state index in [4.69, 9.17) is 16.1 Å². The lowest BCUT2D eigenvalue weighted by molar-refractivity contribution is -0.896. The molecule has 1 rings (SSSR count). The topological polar surface area (TPSA) is 79.9 Å². The predicted molar refractivity (Wildman–Crippen MR) is 112 cm³/mol. The largest absolute Gasteiger partial charge is 0.360 e. The first-order chi connectivity index (χ1) is 13.1. The monoisotopic (exact) mass is 415 g/mol. The van der Waals surface area contributed by atoms with Crippen LogP contribution in [0.3, 0.4) is 0 Å². The fourth-order valence-corrected chi connectivity index (χ4v) is 3.16. The normalized spacial score (nSPS) is 12.9. The number of alkyl halides is 1. The summed E-state index contributed by atoms with van der Waals surface area (Å²) in [5, 5.41) is 6.46. The summed E-state index contributed by atoms with van der Waals surface area (Å²) in [5.74, 6) is 0.746. The van der Waals surface area contributed by atoms with Crippen molar-refractivity contribution in [3.05, 3.63) is 11.8 Å². The standard InChI is InChI=1S/C20H35ClN4O3/c1-7-24(8-2)11-9-10-15(3)25(19(27)20(5,6)14-21)13-18(26)22-17-12-16(4)28-23-17/h12,15H,7-11,13-14H2,1-6H3,(H,22,23,26)/p+1/t15-/m0/s1. The number of carbonyl (C=O) groups excluding carboxylic acids is 2. The molecule has 2 amide bonds. The molecule has 0 unspecified atom stereocenters. The van der Waals surface area contributed by atoms with Crippen LogP contribution in [-0.4, -0.2) is 60.0 Å². The van der Waals surface area contributed by atoms with Crippen molar-refractivity contribution >= 4 is 29.2 Å². The molecule has 2 N–H and O–H groups in total. The highest BCUT2D eigenvalue weighted by atomic mass is 35.5. The van der Waals surface area contributed by atoms with E-state index in [1.807, 2.05) is 6.92 Å². The number of aryl methyl sites for hydroxylation is 1. The van der Waals surface area contributed by atoms with Gasteiger partial charge in [0.05, 0.1) is 25.0 Å². The molecule has 0 saturated heterocycles. The van der Waals surface area contributed by atoms with Gasteiger partial charge in [0.1, 0.15) is 12.3 Å². The molecule has 0 radical (unpaired) electrons. The van der Waals surface area contributed by atoms with Gasteiger partial charge < -0.3 is 19.6 Å². The zero-order valence-corrected chi connectivity index (χ0v) is 18.9. The van der Waals surface area contributed by atoms with Gasteiger partial charge in [-0.3, -0.25) is 9.59 Å². The Kier molecular flexibility index (Phi) is 9.96. The van der Waals surface area contributed by atoms with Crippen LogP contribution < -0.4 is 10.2 Å². The van der Waals surface area contributed by atoms with Gasteiger partial charge in [-0.05, 0) is 54.4 Å². The molecule has 1 aromatic heterocycles. The zero-order valence-electron chi connectivity index (χ0n) is 18.1. The van der Waals surface area contributed by atoms with Crippen molar-refractivity contribution in [2.24, 2.45) is 5.41 Å². The summed E-state index contributed by atoms with van der Waals surface area (Å²) in [5.41, 5.74) is -0.731. The van der Waals surface area contributed by atoms with Crippen molar-refractivity contribution in [3.63, 3.8) is 0 Å². The molecule has 0 fully saturated rings. The lowest BCUT2D eigenvalue weighted by atomic mass is 9.93. The SMILES string of the molecule is CC[NH+](CC)CCC[C@H](C)N(CC(=O)Nc1cc(C)on1)C(=O)C(C)(C)CCl. The molecule has 0 aromatic carbocycles. The molecule has 1 aromatic rings. The van der Waals surface area contributed by atoms with Crippen molar-refractivity contribution in [3.8, 4) is 0 Å². The van der Waals surface area contributed by atoms with Crippen LogP contribution in [0.2, 0.25) is 0 Å². The number of anilines is 1. The second-order valence-corrected chi connectivity index (χ2v) is 8.29. The van der Waals surface area contributed by atoms with Gasteiger partial charge in [-0.2, -0.15) is 0 Å². The van der Waals surface area contributed by atoms with E-state index in [9.17, 15) is 9.59 Å². The number of nitrogens with one attached hydrogen (secondary N) is 2. The van der Waals surface area contributed by atoms with Crippen LogP contribution in [0, 0.1) is 12.3 Å². The number of nitrogens with zero attached hydrogens (tertiary/aromatic N) is 2. The summed E-state index contributed by atoms with van der Waals surface area (Å²) < 4.78 is 4.97. The van der Waals surface area contributed by atoms with Crippen molar-refractivity contribution in [2.75, 3.05) is 37.4 Å². The highest BCUT2D eigenvalue weighted by Crippen LogP contribution is 2.23. The van der Waals surface area contributed by atoms with Gasteiger partial charge in [0.2, 0.25) is 11.8 Å². The number of hydrogen-bond acceptors (Lipinski definition) is 4. The van der Waals surface area contributed by atoms with E-state index in [-0.39, 0.29) is 30.3 Å². The number of rotatable bonds is 12. The molecule has 28 heavy (non-hydrogen) atoms. The lowest BCUT2D eigenvalue weighted by Crippen LogP contribution is -3.11.